The summed E-state index contributed by atoms with van der Waals surface area (Å²) in [5, 5.41) is 6.33. The average Bonchev–Trinajstić information content (AvgIpc) is 3.18. The number of rotatable bonds is 10. The molecule has 10 heteroatoms. The fourth-order valence-electron chi connectivity index (χ4n) is 3.01. The number of aliphatic imine (C=N–C) groups is 1. The number of benzene rings is 1. The van der Waals surface area contributed by atoms with Gasteiger partial charge in [0, 0.05) is 50.6 Å². The first-order chi connectivity index (χ1) is 15.1. The summed E-state index contributed by atoms with van der Waals surface area (Å²) in [6, 6.07) is 10.8. The second kappa shape index (κ2) is 13.0. The van der Waals surface area contributed by atoms with Crippen LogP contribution >= 0.6 is 24.0 Å². The number of nitrogens with one attached hydrogen (secondary N) is 2. The second-order valence-corrected chi connectivity index (χ2v) is 6.80. The van der Waals surface area contributed by atoms with Crippen molar-refractivity contribution < 1.29 is 18.3 Å². The number of ether oxygens (including phenoxy) is 2. The first-order valence-electron chi connectivity index (χ1n) is 10.2. The van der Waals surface area contributed by atoms with E-state index >= 15 is 0 Å². The van der Waals surface area contributed by atoms with Crippen LogP contribution < -0.4 is 20.1 Å². The molecule has 0 radical (unpaired) electrons. The van der Waals surface area contributed by atoms with Crippen LogP contribution in [0.25, 0.3) is 5.65 Å². The average molecular weight is 559 g/mol. The van der Waals surface area contributed by atoms with Gasteiger partial charge >= 0.3 is 6.61 Å². The van der Waals surface area contributed by atoms with Gasteiger partial charge in [-0.25, -0.2) is 4.98 Å². The molecule has 0 amide bonds. The quantitative estimate of drug-likeness (QED) is 0.221. The highest BCUT2D eigenvalue weighted by atomic mass is 127. The zero-order chi connectivity index (χ0) is 22.1. The summed E-state index contributed by atoms with van der Waals surface area (Å²) in [6.07, 6.45) is 5.48. The van der Waals surface area contributed by atoms with E-state index in [0.29, 0.717) is 36.8 Å². The molecule has 2 heterocycles. The van der Waals surface area contributed by atoms with Crippen molar-refractivity contribution in [2.24, 2.45) is 4.99 Å². The molecule has 2 N–H and O–H groups in total. The van der Waals surface area contributed by atoms with E-state index < -0.39 is 6.61 Å². The normalized spacial score (nSPS) is 11.3. The summed E-state index contributed by atoms with van der Waals surface area (Å²) in [4.78, 5) is 8.74. The van der Waals surface area contributed by atoms with Crippen LogP contribution in [0.5, 0.6) is 11.5 Å². The molecule has 0 atom stereocenters. The first kappa shape index (κ1) is 25.6. The monoisotopic (exact) mass is 559 g/mol. The number of halogens is 3. The van der Waals surface area contributed by atoms with Gasteiger partial charge in [-0.15, -0.1) is 24.0 Å². The van der Waals surface area contributed by atoms with Gasteiger partial charge in [0.15, 0.2) is 5.96 Å². The minimum absolute atomic E-state index is 0. The van der Waals surface area contributed by atoms with E-state index in [1.165, 1.54) is 6.07 Å². The van der Waals surface area contributed by atoms with E-state index in [2.05, 4.69) is 25.3 Å². The van der Waals surface area contributed by atoms with Crippen LogP contribution in [-0.2, 0) is 13.0 Å². The Balaban J connectivity index is 0.00000363. The zero-order valence-electron chi connectivity index (χ0n) is 18.1. The molecule has 1 aromatic carbocycles. The van der Waals surface area contributed by atoms with Crippen molar-refractivity contribution in [3.63, 3.8) is 0 Å². The third-order valence-corrected chi connectivity index (χ3v) is 4.48. The van der Waals surface area contributed by atoms with Gasteiger partial charge in [-0.1, -0.05) is 13.0 Å². The Labute approximate surface area is 203 Å². The molecule has 3 rings (SSSR count). The maximum Gasteiger partial charge on any atom is 0.387 e. The van der Waals surface area contributed by atoms with Crippen LogP contribution in [0.1, 0.15) is 24.6 Å². The van der Waals surface area contributed by atoms with E-state index in [9.17, 15) is 8.78 Å². The molecule has 0 saturated heterocycles. The molecule has 0 aliphatic heterocycles. The van der Waals surface area contributed by atoms with Crippen LogP contribution in [-0.4, -0.2) is 42.2 Å². The van der Waals surface area contributed by atoms with Crippen LogP contribution in [0, 0.1) is 0 Å². The van der Waals surface area contributed by atoms with Crippen molar-refractivity contribution in [1.29, 1.82) is 0 Å². The zero-order valence-corrected chi connectivity index (χ0v) is 20.4. The highest BCUT2D eigenvalue weighted by molar-refractivity contribution is 14.0. The molecule has 0 fully saturated rings. The second-order valence-electron chi connectivity index (χ2n) is 6.80. The fraction of sp³-hybridized carbons (Fsp3) is 0.364. The number of nitrogens with zero attached hydrogens (tertiary/aromatic N) is 3. The number of hydrogen-bond donors (Lipinski definition) is 2. The Kier molecular flexibility index (Phi) is 10.4. The van der Waals surface area contributed by atoms with Crippen molar-refractivity contribution in [2.75, 3.05) is 20.2 Å². The molecule has 3 aromatic rings. The molecule has 7 nitrogen and oxygen atoms in total. The largest absolute Gasteiger partial charge is 0.493 e. The highest BCUT2D eigenvalue weighted by Crippen LogP contribution is 2.26. The Morgan fingerprint density at radius 2 is 2.06 bits per heavy atom. The topological polar surface area (TPSA) is 72.2 Å². The molecule has 0 saturated carbocycles. The van der Waals surface area contributed by atoms with Crippen molar-refractivity contribution in [3.8, 4) is 11.5 Å². The predicted molar refractivity (Wildman–Crippen MR) is 131 cm³/mol. The lowest BCUT2D eigenvalue weighted by Crippen LogP contribution is -2.38. The van der Waals surface area contributed by atoms with Gasteiger partial charge < -0.3 is 24.5 Å². The summed E-state index contributed by atoms with van der Waals surface area (Å²) in [5.74, 6) is 1.13. The van der Waals surface area contributed by atoms with E-state index in [1.54, 1.807) is 19.2 Å². The van der Waals surface area contributed by atoms with Gasteiger partial charge in [0.2, 0.25) is 0 Å². The molecular formula is C22H28F2IN5O2. The van der Waals surface area contributed by atoms with Crippen molar-refractivity contribution in [1.82, 2.24) is 20.0 Å². The highest BCUT2D eigenvalue weighted by Gasteiger charge is 2.12. The molecule has 174 valence electrons. The van der Waals surface area contributed by atoms with Crippen LogP contribution in [0.15, 0.2) is 53.8 Å². The maximum absolute atomic E-state index is 12.8. The minimum atomic E-state index is -2.91. The van der Waals surface area contributed by atoms with Gasteiger partial charge in [-0.05, 0) is 30.7 Å². The number of alkyl halides is 2. The third-order valence-electron chi connectivity index (χ3n) is 4.48. The third kappa shape index (κ3) is 7.50. The lowest BCUT2D eigenvalue weighted by Gasteiger charge is -2.15. The number of guanidine groups is 1. The maximum atomic E-state index is 12.8. The molecule has 0 aliphatic rings. The van der Waals surface area contributed by atoms with Crippen LogP contribution in [0.2, 0.25) is 0 Å². The predicted octanol–water partition coefficient (Wildman–Crippen LogP) is 4.25. The Morgan fingerprint density at radius 3 is 2.78 bits per heavy atom. The van der Waals surface area contributed by atoms with Crippen molar-refractivity contribution >= 4 is 35.6 Å². The van der Waals surface area contributed by atoms with Gasteiger partial charge in [0.25, 0.3) is 0 Å². The van der Waals surface area contributed by atoms with Gasteiger partial charge in [0.05, 0.1) is 12.3 Å². The summed E-state index contributed by atoms with van der Waals surface area (Å²) in [5.41, 5.74) is 2.44. The lowest BCUT2D eigenvalue weighted by atomic mass is 10.2. The first-order valence-corrected chi connectivity index (χ1v) is 10.2. The summed E-state index contributed by atoms with van der Waals surface area (Å²) < 4.78 is 37.8. The van der Waals surface area contributed by atoms with E-state index in [0.717, 1.165) is 17.8 Å². The number of imidazole rings is 1. The molecule has 2 aromatic heterocycles. The molecule has 0 spiro atoms. The SMILES string of the molecule is CCCOc1ccc(CNC(=NC)NCCc2cn3ccccc3n2)c(OC(F)F)c1.I. The Bertz CT molecular complexity index is 980. The van der Waals surface area contributed by atoms with Gasteiger partial charge in [-0.2, -0.15) is 8.78 Å². The van der Waals surface area contributed by atoms with Crippen molar-refractivity contribution in [2.45, 2.75) is 32.9 Å². The van der Waals surface area contributed by atoms with E-state index in [-0.39, 0.29) is 36.3 Å². The lowest BCUT2D eigenvalue weighted by molar-refractivity contribution is -0.0505. The van der Waals surface area contributed by atoms with E-state index in [4.69, 9.17) is 4.74 Å². The summed E-state index contributed by atoms with van der Waals surface area (Å²) in [7, 11) is 1.65. The molecule has 0 bridgehead atoms. The smallest absolute Gasteiger partial charge is 0.387 e. The summed E-state index contributed by atoms with van der Waals surface area (Å²) >= 11 is 0. The van der Waals surface area contributed by atoms with Crippen LogP contribution in [0.3, 0.4) is 0 Å². The molecular weight excluding hydrogens is 531 g/mol. The Morgan fingerprint density at radius 1 is 1.22 bits per heavy atom. The number of fused-ring (bicyclic) bond motifs is 1. The number of aromatic nitrogens is 2. The number of hydrogen-bond acceptors (Lipinski definition) is 4. The minimum Gasteiger partial charge on any atom is -0.493 e. The molecule has 0 unspecified atom stereocenters. The van der Waals surface area contributed by atoms with Crippen molar-refractivity contribution in [3.05, 3.63) is 60.0 Å². The van der Waals surface area contributed by atoms with E-state index in [1.807, 2.05) is 41.9 Å². The number of pyridine rings is 1. The standard InChI is InChI=1S/C22H27F2N5O2.HI/c1-3-12-30-18-8-7-16(19(13-18)31-21(23)24)14-27-22(25-2)26-10-9-17-15-29-11-5-4-6-20(29)28-17;/h4-8,11,13,15,21H,3,9-10,12,14H2,1-2H3,(H2,25,26,27);1H. The summed E-state index contributed by atoms with van der Waals surface area (Å²) in [6.45, 7) is 0.456. The molecule has 0 aliphatic carbocycles. The van der Waals surface area contributed by atoms with Crippen LogP contribution in [0.4, 0.5) is 8.78 Å². The van der Waals surface area contributed by atoms with Gasteiger partial charge in [0.1, 0.15) is 17.1 Å². The van der Waals surface area contributed by atoms with Gasteiger partial charge in [-0.3, -0.25) is 4.99 Å². The Hall–Kier alpha value is -2.63. The molecule has 32 heavy (non-hydrogen) atoms. The fourth-order valence-corrected chi connectivity index (χ4v) is 3.01.